The highest BCUT2D eigenvalue weighted by Gasteiger charge is 2.14. The molecule has 0 unspecified atom stereocenters. The fourth-order valence-corrected chi connectivity index (χ4v) is 3.08. The fraction of sp³-hybridized carbons (Fsp3) is 0.0833. The maximum absolute atomic E-state index is 11.8. The molecule has 0 spiro atoms. The van der Waals surface area contributed by atoms with E-state index in [1.165, 1.54) is 0 Å². The normalized spacial score (nSPS) is 10.8. The van der Waals surface area contributed by atoms with Gasteiger partial charge in [-0.15, -0.1) is 0 Å². The number of carbonyl (C=O) groups is 1. The number of thioether (sulfide) groups is 1. The summed E-state index contributed by atoms with van der Waals surface area (Å²) in [5, 5.41) is 14.0. The molecular weight excluding hydrogens is 364 g/mol. The second-order valence-corrected chi connectivity index (χ2v) is 6.56. The fourth-order valence-electron chi connectivity index (χ4n) is 1.63. The molecule has 0 atom stereocenters. The van der Waals surface area contributed by atoms with Crippen LogP contribution in [0.5, 0.6) is 0 Å². The van der Waals surface area contributed by atoms with E-state index in [1.807, 2.05) is 0 Å². The molecule has 1 N–H and O–H groups in total. The maximum Gasteiger partial charge on any atom is 0.345 e. The van der Waals surface area contributed by atoms with Crippen molar-refractivity contribution in [3.63, 3.8) is 0 Å². The Kier molecular flexibility index (Phi) is 4.46. The summed E-state index contributed by atoms with van der Waals surface area (Å²) in [6, 6.07) is 5.05. The number of halogens is 1. The second-order valence-electron chi connectivity index (χ2n) is 4.19. The van der Waals surface area contributed by atoms with Gasteiger partial charge in [0.05, 0.1) is 10.7 Å². The van der Waals surface area contributed by atoms with Gasteiger partial charge in [-0.3, -0.25) is 14.9 Å². The van der Waals surface area contributed by atoms with Crippen molar-refractivity contribution in [1.29, 1.82) is 0 Å². The van der Waals surface area contributed by atoms with Gasteiger partial charge in [-0.25, -0.2) is 9.97 Å². The lowest BCUT2D eigenvalue weighted by Gasteiger charge is -1.98. The number of rotatable bonds is 5. The third-order valence-corrected chi connectivity index (χ3v) is 4.50. The van der Waals surface area contributed by atoms with Gasteiger partial charge in [0.1, 0.15) is 11.7 Å². The predicted molar refractivity (Wildman–Crippen MR) is 87.1 cm³/mol. The van der Waals surface area contributed by atoms with Crippen molar-refractivity contribution in [3.8, 4) is 0 Å². The molecule has 3 aromatic rings. The van der Waals surface area contributed by atoms with Crippen LogP contribution in [0, 0.1) is 10.1 Å². The molecule has 1 aromatic carbocycles. The number of oxazole rings is 1. The third kappa shape index (κ3) is 3.78. The Morgan fingerprint density at radius 3 is 3.09 bits per heavy atom. The number of hydrogen-bond acceptors (Lipinski definition) is 8. The molecule has 0 fully saturated rings. The first kappa shape index (κ1) is 15.7. The summed E-state index contributed by atoms with van der Waals surface area (Å²) in [6.45, 7) is 0. The van der Waals surface area contributed by atoms with Crippen molar-refractivity contribution in [2.75, 3.05) is 11.1 Å². The van der Waals surface area contributed by atoms with Gasteiger partial charge in [-0.05, 0) is 29.5 Å². The number of hydrogen-bond donors (Lipinski definition) is 1. The minimum absolute atomic E-state index is 0.0356. The van der Waals surface area contributed by atoms with Crippen molar-refractivity contribution in [3.05, 3.63) is 39.5 Å². The van der Waals surface area contributed by atoms with Gasteiger partial charge in [-0.1, -0.05) is 23.4 Å². The zero-order valence-electron chi connectivity index (χ0n) is 11.2. The second kappa shape index (κ2) is 6.52. The van der Waals surface area contributed by atoms with E-state index in [1.54, 1.807) is 18.2 Å². The Labute approximate surface area is 142 Å². The molecule has 1 amide bonds. The number of carbonyl (C=O) groups excluding carboxylic acids is 1. The molecule has 0 saturated carbocycles. The molecule has 0 bridgehead atoms. The monoisotopic (exact) mass is 370 g/mol. The number of amides is 1. The lowest BCUT2D eigenvalue weighted by atomic mass is 10.3. The van der Waals surface area contributed by atoms with Gasteiger partial charge in [0.2, 0.25) is 5.91 Å². The Morgan fingerprint density at radius 1 is 1.52 bits per heavy atom. The summed E-state index contributed by atoms with van der Waals surface area (Å²) in [7, 11) is 0. The topological polar surface area (TPSA) is 111 Å². The Morgan fingerprint density at radius 2 is 2.35 bits per heavy atom. The highest BCUT2D eigenvalue weighted by molar-refractivity contribution is 7.99. The molecule has 0 aliphatic heterocycles. The van der Waals surface area contributed by atoms with Crippen LogP contribution in [0.3, 0.4) is 0 Å². The van der Waals surface area contributed by atoms with E-state index in [9.17, 15) is 14.9 Å². The molecule has 3 rings (SSSR count). The SMILES string of the molecule is O=C(CSc1nc2cc(Cl)ccc2o1)Nc1ncc([N+](=O)[O-])s1. The van der Waals surface area contributed by atoms with Gasteiger partial charge in [0, 0.05) is 5.02 Å². The number of nitrogens with one attached hydrogen (secondary N) is 1. The lowest BCUT2D eigenvalue weighted by Crippen LogP contribution is -2.13. The van der Waals surface area contributed by atoms with Gasteiger partial charge >= 0.3 is 5.00 Å². The molecule has 0 radical (unpaired) electrons. The number of benzene rings is 1. The molecule has 0 aliphatic carbocycles. The number of anilines is 1. The first-order valence-electron chi connectivity index (χ1n) is 6.10. The zero-order valence-corrected chi connectivity index (χ0v) is 13.6. The Balaban J connectivity index is 1.60. The van der Waals surface area contributed by atoms with E-state index in [4.69, 9.17) is 16.0 Å². The molecular formula is C12H7ClN4O4S2. The molecule has 0 saturated heterocycles. The van der Waals surface area contributed by atoms with Crippen LogP contribution in [-0.4, -0.2) is 26.6 Å². The first-order valence-corrected chi connectivity index (χ1v) is 8.28. The van der Waals surface area contributed by atoms with Crippen molar-refractivity contribution in [2.24, 2.45) is 0 Å². The molecule has 8 nitrogen and oxygen atoms in total. The van der Waals surface area contributed by atoms with Crippen molar-refractivity contribution in [2.45, 2.75) is 5.22 Å². The maximum atomic E-state index is 11.8. The Bertz CT molecular complexity index is 894. The van der Waals surface area contributed by atoms with E-state index < -0.39 is 4.92 Å². The Hall–Kier alpha value is -2.17. The van der Waals surface area contributed by atoms with Crippen molar-refractivity contribution < 1.29 is 14.1 Å². The van der Waals surface area contributed by atoms with Crippen LogP contribution in [0.4, 0.5) is 10.1 Å². The number of thiazole rings is 1. The predicted octanol–water partition coefficient (Wildman–Crippen LogP) is 3.58. The van der Waals surface area contributed by atoms with Crippen LogP contribution < -0.4 is 5.32 Å². The standard InChI is InChI=1S/C12H7ClN4O4S2/c13-6-1-2-8-7(3-6)15-12(21-8)22-5-9(18)16-11-14-4-10(23-11)17(19)20/h1-4H,5H2,(H,14,16,18). The largest absolute Gasteiger partial charge is 0.431 e. The molecule has 118 valence electrons. The van der Waals surface area contributed by atoms with Gasteiger partial charge < -0.3 is 9.73 Å². The average Bonchev–Trinajstić information content (AvgIpc) is 3.11. The van der Waals surface area contributed by atoms with E-state index in [0.29, 0.717) is 21.3 Å². The molecule has 2 heterocycles. The highest BCUT2D eigenvalue weighted by Crippen LogP contribution is 2.27. The smallest absolute Gasteiger partial charge is 0.345 e. The molecule has 11 heteroatoms. The summed E-state index contributed by atoms with van der Waals surface area (Å²) >= 11 is 7.76. The summed E-state index contributed by atoms with van der Waals surface area (Å²) in [5.74, 6) is -0.326. The van der Waals surface area contributed by atoms with Crippen LogP contribution in [-0.2, 0) is 4.79 Å². The van der Waals surface area contributed by atoms with Crippen LogP contribution in [0.1, 0.15) is 0 Å². The third-order valence-electron chi connectivity index (χ3n) is 2.58. The minimum atomic E-state index is -0.564. The van der Waals surface area contributed by atoms with Crippen LogP contribution in [0.25, 0.3) is 11.1 Å². The van der Waals surface area contributed by atoms with Gasteiger partial charge in [0.25, 0.3) is 5.22 Å². The summed E-state index contributed by atoms with van der Waals surface area (Å²) in [6.07, 6.45) is 1.10. The van der Waals surface area contributed by atoms with Crippen molar-refractivity contribution in [1.82, 2.24) is 9.97 Å². The molecule has 23 heavy (non-hydrogen) atoms. The summed E-state index contributed by atoms with van der Waals surface area (Å²) in [4.78, 5) is 29.8. The molecule has 2 aromatic heterocycles. The summed E-state index contributed by atoms with van der Waals surface area (Å²) < 4.78 is 5.47. The highest BCUT2D eigenvalue weighted by atomic mass is 35.5. The van der Waals surface area contributed by atoms with E-state index in [-0.39, 0.29) is 21.8 Å². The van der Waals surface area contributed by atoms with Crippen LogP contribution in [0.2, 0.25) is 5.02 Å². The van der Waals surface area contributed by atoms with E-state index in [2.05, 4.69) is 15.3 Å². The summed E-state index contributed by atoms with van der Waals surface area (Å²) in [5.41, 5.74) is 1.18. The van der Waals surface area contributed by atoms with Crippen LogP contribution in [0.15, 0.2) is 34.0 Å². The zero-order chi connectivity index (χ0) is 16.4. The lowest BCUT2D eigenvalue weighted by molar-refractivity contribution is -0.380. The van der Waals surface area contributed by atoms with Gasteiger partial charge in [-0.2, -0.15) is 0 Å². The first-order chi connectivity index (χ1) is 11.0. The van der Waals surface area contributed by atoms with E-state index >= 15 is 0 Å². The number of fused-ring (bicyclic) bond motifs is 1. The number of nitrogens with zero attached hydrogens (tertiary/aromatic N) is 3. The minimum Gasteiger partial charge on any atom is -0.431 e. The average molecular weight is 371 g/mol. The molecule has 0 aliphatic rings. The van der Waals surface area contributed by atoms with Crippen LogP contribution >= 0.6 is 34.7 Å². The van der Waals surface area contributed by atoms with Gasteiger partial charge in [0.15, 0.2) is 10.7 Å². The van der Waals surface area contributed by atoms with E-state index in [0.717, 1.165) is 29.3 Å². The van der Waals surface area contributed by atoms with Crippen molar-refractivity contribution >= 4 is 61.8 Å². The number of aromatic nitrogens is 2. The number of nitro groups is 1. The quantitative estimate of drug-likeness (QED) is 0.415.